The second-order valence-electron chi connectivity index (χ2n) is 6.84. The van der Waals surface area contributed by atoms with Gasteiger partial charge in [-0.05, 0) is 31.5 Å². The number of nitrogens with zero attached hydrogens (tertiary/aromatic N) is 3. The average Bonchev–Trinajstić information content (AvgIpc) is 3.39. The number of hydrogen-bond donors (Lipinski definition) is 2. The minimum absolute atomic E-state index is 0.00905. The number of benzene rings is 1. The van der Waals surface area contributed by atoms with Gasteiger partial charge in [-0.1, -0.05) is 30.3 Å². The maximum absolute atomic E-state index is 12.6. The summed E-state index contributed by atoms with van der Waals surface area (Å²) in [4.78, 5) is 19.3. The standard InChI is InChI=1S/C20H23N5O2/c26-20(16-8-4-10-25(13-16)14-17-9-5-11-27-17)21-12-18-22-19(24-23-18)15-6-2-1-3-7-15/h1-3,5-7,9,11,16H,4,8,10,12-14H2,(H,21,26)(H,22,23,24). The van der Waals surface area contributed by atoms with E-state index >= 15 is 0 Å². The molecule has 1 aliphatic heterocycles. The highest BCUT2D eigenvalue weighted by Crippen LogP contribution is 2.19. The average molecular weight is 365 g/mol. The summed E-state index contributed by atoms with van der Waals surface area (Å²) in [5.41, 5.74) is 0.951. The van der Waals surface area contributed by atoms with Crippen molar-refractivity contribution in [3.8, 4) is 11.4 Å². The van der Waals surface area contributed by atoms with Crippen molar-refractivity contribution in [1.29, 1.82) is 0 Å². The Morgan fingerprint density at radius 2 is 2.15 bits per heavy atom. The van der Waals surface area contributed by atoms with Gasteiger partial charge in [0.15, 0.2) is 5.82 Å². The molecular weight excluding hydrogens is 342 g/mol. The van der Waals surface area contributed by atoms with Crippen LogP contribution in [0.5, 0.6) is 0 Å². The summed E-state index contributed by atoms with van der Waals surface area (Å²) in [5.74, 6) is 2.29. The largest absolute Gasteiger partial charge is 0.468 e. The molecule has 140 valence electrons. The molecule has 7 nitrogen and oxygen atoms in total. The number of piperidine rings is 1. The van der Waals surface area contributed by atoms with Crippen LogP contribution in [0, 0.1) is 5.92 Å². The number of aromatic nitrogens is 3. The van der Waals surface area contributed by atoms with Crippen molar-refractivity contribution in [2.45, 2.75) is 25.9 Å². The van der Waals surface area contributed by atoms with Crippen molar-refractivity contribution >= 4 is 5.91 Å². The number of likely N-dealkylation sites (tertiary alicyclic amines) is 1. The van der Waals surface area contributed by atoms with Crippen LogP contribution in [0.3, 0.4) is 0 Å². The van der Waals surface area contributed by atoms with Crippen molar-refractivity contribution < 1.29 is 9.21 Å². The smallest absolute Gasteiger partial charge is 0.224 e. The lowest BCUT2D eigenvalue weighted by Crippen LogP contribution is -2.42. The molecule has 4 rings (SSSR count). The second-order valence-corrected chi connectivity index (χ2v) is 6.84. The summed E-state index contributed by atoms with van der Waals surface area (Å²) >= 11 is 0. The minimum Gasteiger partial charge on any atom is -0.468 e. The predicted octanol–water partition coefficient (Wildman–Crippen LogP) is 2.59. The van der Waals surface area contributed by atoms with E-state index in [-0.39, 0.29) is 11.8 Å². The van der Waals surface area contributed by atoms with Gasteiger partial charge < -0.3 is 9.73 Å². The Kier molecular flexibility index (Phi) is 5.29. The monoisotopic (exact) mass is 365 g/mol. The van der Waals surface area contributed by atoms with Crippen molar-refractivity contribution in [2.24, 2.45) is 5.92 Å². The van der Waals surface area contributed by atoms with Crippen LogP contribution in [0.2, 0.25) is 0 Å². The molecule has 0 radical (unpaired) electrons. The molecule has 1 atom stereocenters. The fourth-order valence-corrected chi connectivity index (χ4v) is 3.44. The first-order chi connectivity index (χ1) is 13.3. The Balaban J connectivity index is 1.29. The zero-order valence-electron chi connectivity index (χ0n) is 15.1. The van der Waals surface area contributed by atoms with Crippen LogP contribution in [-0.4, -0.2) is 39.1 Å². The highest BCUT2D eigenvalue weighted by atomic mass is 16.3. The summed E-state index contributed by atoms with van der Waals surface area (Å²) in [5, 5.41) is 10.1. The van der Waals surface area contributed by atoms with E-state index in [1.165, 1.54) is 0 Å². The quantitative estimate of drug-likeness (QED) is 0.701. The summed E-state index contributed by atoms with van der Waals surface area (Å²) in [6.07, 6.45) is 3.61. The van der Waals surface area contributed by atoms with E-state index in [1.807, 2.05) is 42.5 Å². The van der Waals surface area contributed by atoms with E-state index in [9.17, 15) is 4.79 Å². The molecule has 7 heteroatoms. The lowest BCUT2D eigenvalue weighted by molar-refractivity contribution is -0.127. The van der Waals surface area contributed by atoms with Crippen molar-refractivity contribution in [3.05, 3.63) is 60.3 Å². The third-order valence-electron chi connectivity index (χ3n) is 4.83. The zero-order chi connectivity index (χ0) is 18.5. The molecule has 27 heavy (non-hydrogen) atoms. The van der Waals surface area contributed by atoms with Gasteiger partial charge in [-0.2, -0.15) is 5.10 Å². The van der Waals surface area contributed by atoms with Crippen LogP contribution in [0.15, 0.2) is 53.1 Å². The van der Waals surface area contributed by atoms with Crippen molar-refractivity contribution in [2.75, 3.05) is 13.1 Å². The van der Waals surface area contributed by atoms with Crippen LogP contribution in [-0.2, 0) is 17.9 Å². The fraction of sp³-hybridized carbons (Fsp3) is 0.350. The molecule has 2 N–H and O–H groups in total. The number of carbonyl (C=O) groups is 1. The Hall–Kier alpha value is -2.93. The summed E-state index contributed by atoms with van der Waals surface area (Å²) < 4.78 is 5.41. The number of amides is 1. The fourth-order valence-electron chi connectivity index (χ4n) is 3.44. The molecule has 2 aromatic heterocycles. The molecule has 1 saturated heterocycles. The molecule has 1 aliphatic rings. The Labute approximate surface area is 157 Å². The molecule has 1 unspecified atom stereocenters. The van der Waals surface area contributed by atoms with Crippen LogP contribution in [0.1, 0.15) is 24.4 Å². The number of hydrogen-bond acceptors (Lipinski definition) is 5. The molecule has 0 saturated carbocycles. The zero-order valence-corrected chi connectivity index (χ0v) is 15.1. The number of H-pyrrole nitrogens is 1. The van der Waals surface area contributed by atoms with Crippen LogP contribution >= 0.6 is 0 Å². The van der Waals surface area contributed by atoms with Crippen LogP contribution in [0.4, 0.5) is 0 Å². The molecule has 0 spiro atoms. The molecule has 1 amide bonds. The molecule has 1 aromatic carbocycles. The maximum atomic E-state index is 12.6. The molecule has 0 aliphatic carbocycles. The molecule has 3 aromatic rings. The lowest BCUT2D eigenvalue weighted by atomic mass is 9.97. The second kappa shape index (κ2) is 8.18. The first kappa shape index (κ1) is 17.5. The summed E-state index contributed by atoms with van der Waals surface area (Å²) in [6.45, 7) is 2.85. The van der Waals surface area contributed by atoms with Gasteiger partial charge in [0.05, 0.1) is 25.3 Å². The van der Waals surface area contributed by atoms with E-state index in [0.717, 1.165) is 43.8 Å². The Morgan fingerprint density at radius 1 is 1.26 bits per heavy atom. The number of carbonyl (C=O) groups excluding carboxylic acids is 1. The minimum atomic E-state index is -0.00905. The third kappa shape index (κ3) is 4.43. The third-order valence-corrected chi connectivity index (χ3v) is 4.83. The van der Waals surface area contributed by atoms with Gasteiger partial charge in [0.25, 0.3) is 0 Å². The Bertz CT molecular complexity index is 860. The van der Waals surface area contributed by atoms with Crippen molar-refractivity contribution in [3.63, 3.8) is 0 Å². The Morgan fingerprint density at radius 3 is 2.96 bits per heavy atom. The normalized spacial score (nSPS) is 17.7. The highest BCUT2D eigenvalue weighted by molar-refractivity contribution is 5.78. The first-order valence-electron chi connectivity index (χ1n) is 9.27. The number of furan rings is 1. The van der Waals surface area contributed by atoms with Gasteiger partial charge in [-0.3, -0.25) is 14.8 Å². The first-order valence-corrected chi connectivity index (χ1v) is 9.27. The van der Waals surface area contributed by atoms with Crippen molar-refractivity contribution in [1.82, 2.24) is 25.4 Å². The van der Waals surface area contributed by atoms with E-state index in [0.29, 0.717) is 18.2 Å². The highest BCUT2D eigenvalue weighted by Gasteiger charge is 2.26. The lowest BCUT2D eigenvalue weighted by Gasteiger charge is -2.31. The van der Waals surface area contributed by atoms with Crippen LogP contribution in [0.25, 0.3) is 11.4 Å². The molecule has 1 fully saturated rings. The van der Waals surface area contributed by atoms with E-state index in [4.69, 9.17) is 4.42 Å². The van der Waals surface area contributed by atoms with Gasteiger partial charge in [-0.15, -0.1) is 0 Å². The van der Waals surface area contributed by atoms with Gasteiger partial charge in [0.1, 0.15) is 11.6 Å². The van der Waals surface area contributed by atoms with Gasteiger partial charge >= 0.3 is 0 Å². The molecule has 3 heterocycles. The summed E-state index contributed by atoms with van der Waals surface area (Å²) in [7, 11) is 0. The number of rotatable bonds is 6. The van der Waals surface area contributed by atoms with Gasteiger partial charge in [0.2, 0.25) is 5.91 Å². The maximum Gasteiger partial charge on any atom is 0.224 e. The van der Waals surface area contributed by atoms with E-state index in [1.54, 1.807) is 6.26 Å². The molecule has 0 bridgehead atoms. The predicted molar refractivity (Wildman–Crippen MR) is 100 cm³/mol. The number of nitrogens with one attached hydrogen (secondary N) is 2. The van der Waals surface area contributed by atoms with Gasteiger partial charge in [-0.25, -0.2) is 4.98 Å². The topological polar surface area (TPSA) is 87.0 Å². The van der Waals surface area contributed by atoms with Gasteiger partial charge in [0, 0.05) is 12.1 Å². The van der Waals surface area contributed by atoms with Crippen LogP contribution < -0.4 is 5.32 Å². The number of aromatic amines is 1. The molecular formula is C20H23N5O2. The van der Waals surface area contributed by atoms with E-state index < -0.39 is 0 Å². The SMILES string of the molecule is O=C(NCc1nc(-c2ccccc2)n[nH]1)C1CCCN(Cc2ccco2)C1. The van der Waals surface area contributed by atoms with E-state index in [2.05, 4.69) is 25.4 Å². The summed E-state index contributed by atoms with van der Waals surface area (Å²) in [6, 6.07) is 13.6.